The lowest BCUT2D eigenvalue weighted by Crippen LogP contribution is -2.30. The third kappa shape index (κ3) is 59.7. The lowest BCUT2D eigenvalue weighted by molar-refractivity contribution is -0.161. The summed E-state index contributed by atoms with van der Waals surface area (Å²) in [5.74, 6) is -1.64. The molecule has 0 aromatic heterocycles. The number of hydrogen-bond acceptors (Lipinski definition) is 14. The van der Waals surface area contributed by atoms with Crippen LogP contribution in [0.3, 0.4) is 0 Å². The van der Waals surface area contributed by atoms with Gasteiger partial charge < -0.3 is 34.2 Å². The predicted molar refractivity (Wildman–Crippen MR) is 334 cm³/mol. The number of aliphatic hydroxyl groups is 2. The first-order chi connectivity index (χ1) is 40.2. The summed E-state index contributed by atoms with van der Waals surface area (Å²) in [6, 6.07) is 0. The average Bonchev–Trinajstić information content (AvgIpc) is 3.46. The first-order valence-corrected chi connectivity index (χ1v) is 34.2. The van der Waals surface area contributed by atoms with Crippen LogP contribution in [0.1, 0.15) is 226 Å². The first-order valence-electron chi connectivity index (χ1n) is 31.2. The van der Waals surface area contributed by atoms with Gasteiger partial charge in [-0.1, -0.05) is 194 Å². The van der Waals surface area contributed by atoms with Crippen LogP contribution in [0.4, 0.5) is 0 Å². The molecule has 18 heteroatoms. The van der Waals surface area contributed by atoms with Crippen LogP contribution >= 0.6 is 15.6 Å². The molecule has 0 rings (SSSR count). The molecule has 0 aliphatic rings. The monoisotopic (exact) mass is 1210 g/mol. The molecule has 0 amide bonds. The molecule has 83 heavy (non-hydrogen) atoms. The van der Waals surface area contributed by atoms with Crippen LogP contribution in [0.25, 0.3) is 0 Å². The number of unbranched alkanes of at least 4 members (excludes halogenated alkanes) is 17. The molecular weight excluding hydrogens is 1100 g/mol. The van der Waals surface area contributed by atoms with Crippen molar-refractivity contribution in [1.29, 1.82) is 0 Å². The van der Waals surface area contributed by atoms with Crippen molar-refractivity contribution >= 4 is 33.6 Å². The molecule has 476 valence electrons. The molecule has 16 nitrogen and oxygen atoms in total. The highest BCUT2D eigenvalue weighted by Gasteiger charge is 2.29. The van der Waals surface area contributed by atoms with E-state index in [1.807, 2.05) is 0 Å². The molecule has 5 unspecified atom stereocenters. The summed E-state index contributed by atoms with van der Waals surface area (Å²) < 4.78 is 60.6. The van der Waals surface area contributed by atoms with Crippen LogP contribution in [0.2, 0.25) is 0 Å². The molecule has 0 aromatic carbocycles. The smallest absolute Gasteiger partial charge is 0.463 e. The van der Waals surface area contributed by atoms with Crippen LogP contribution in [0.5, 0.6) is 0 Å². The van der Waals surface area contributed by atoms with Crippen molar-refractivity contribution in [3.8, 4) is 0 Å². The maximum atomic E-state index is 12.9. The van der Waals surface area contributed by atoms with Crippen LogP contribution in [-0.4, -0.2) is 95.9 Å². The van der Waals surface area contributed by atoms with Gasteiger partial charge in [0.2, 0.25) is 0 Å². The topological polar surface area (TPSA) is 231 Å². The number of aliphatic hydroxyl groups excluding tert-OH is 2. The molecule has 0 aliphatic heterocycles. The van der Waals surface area contributed by atoms with E-state index in [9.17, 15) is 43.5 Å². The number of phosphoric acid groups is 2. The Morgan fingerprint density at radius 2 is 0.639 bits per heavy atom. The molecule has 0 spiro atoms. The first kappa shape index (κ1) is 79.2. The molecule has 0 heterocycles. The van der Waals surface area contributed by atoms with Gasteiger partial charge in [0.05, 0.1) is 26.4 Å². The van der Waals surface area contributed by atoms with Gasteiger partial charge in [0.1, 0.15) is 25.4 Å². The Bertz CT molecular complexity index is 1960. The minimum atomic E-state index is -4.93. The molecule has 0 aliphatic carbocycles. The van der Waals surface area contributed by atoms with Gasteiger partial charge >= 0.3 is 33.6 Å². The van der Waals surface area contributed by atoms with Gasteiger partial charge in [-0.25, -0.2) is 9.13 Å². The van der Waals surface area contributed by atoms with Gasteiger partial charge in [0.25, 0.3) is 0 Å². The van der Waals surface area contributed by atoms with Crippen molar-refractivity contribution in [2.24, 2.45) is 0 Å². The highest BCUT2D eigenvalue weighted by atomic mass is 31.2. The van der Waals surface area contributed by atoms with Gasteiger partial charge in [-0.2, -0.15) is 0 Å². The third-order valence-electron chi connectivity index (χ3n) is 12.5. The summed E-state index contributed by atoms with van der Waals surface area (Å²) >= 11 is 0. The minimum absolute atomic E-state index is 0.0878. The Labute approximate surface area is 500 Å². The Balaban J connectivity index is 4.70. The second-order valence-electron chi connectivity index (χ2n) is 20.4. The maximum Gasteiger partial charge on any atom is 0.472 e. The SMILES string of the molecule is CC/C=C\C/C=C\C/C=C\C/C=C\C/C=C\CCCCCC(=O)OCC(O)COP(=O)(O)OCC(O)COP(=O)(O)OCC(COC(=O)CCCCCCC/C=C\C/C=C\C/C=C\CC)OC(=O)CCCCCCC/C=C\CCCCCC. The van der Waals surface area contributed by atoms with Crippen molar-refractivity contribution in [2.45, 2.75) is 245 Å². The fourth-order valence-electron chi connectivity index (χ4n) is 7.72. The summed E-state index contributed by atoms with van der Waals surface area (Å²) in [7, 11) is -9.78. The summed E-state index contributed by atoms with van der Waals surface area (Å²) in [6.45, 7) is 2.32. The molecular formula is C65H110O16P2. The number of esters is 3. The zero-order valence-corrected chi connectivity index (χ0v) is 52.9. The van der Waals surface area contributed by atoms with Crippen LogP contribution in [0.15, 0.2) is 109 Å². The van der Waals surface area contributed by atoms with E-state index >= 15 is 0 Å². The van der Waals surface area contributed by atoms with E-state index in [4.69, 9.17) is 32.3 Å². The number of carbonyl (C=O) groups excluding carboxylic acids is 3. The second kappa shape index (κ2) is 58.6. The molecule has 0 saturated carbocycles. The maximum absolute atomic E-state index is 12.9. The summed E-state index contributed by atoms with van der Waals surface area (Å²) in [4.78, 5) is 58.1. The molecule has 0 bridgehead atoms. The Kier molecular flexibility index (Phi) is 55.9. The van der Waals surface area contributed by atoms with Crippen LogP contribution < -0.4 is 0 Å². The van der Waals surface area contributed by atoms with Crippen LogP contribution in [0, 0.1) is 0 Å². The summed E-state index contributed by atoms with van der Waals surface area (Å²) in [5, 5.41) is 20.5. The Morgan fingerprint density at radius 3 is 1.04 bits per heavy atom. The van der Waals surface area contributed by atoms with E-state index < -0.39 is 91.5 Å². The quantitative estimate of drug-likeness (QED) is 0.0146. The fraction of sp³-hybridized carbons (Fsp3) is 0.677. The molecule has 0 fully saturated rings. The van der Waals surface area contributed by atoms with E-state index in [2.05, 4.69) is 130 Å². The number of carbonyl (C=O) groups is 3. The number of phosphoric ester groups is 2. The number of allylic oxidation sites excluding steroid dienone is 18. The van der Waals surface area contributed by atoms with Gasteiger partial charge in [0, 0.05) is 19.3 Å². The van der Waals surface area contributed by atoms with E-state index in [0.29, 0.717) is 19.3 Å². The standard InChI is InChI=1S/C65H110O16P2/c1-4-7-10-13-16-19-22-25-27-28-29-30-32-35-36-39-42-45-48-51-63(68)75-54-60(66)55-77-82(71,72)78-56-61(67)57-79-83(73,74)80-59-62(81-65(70)53-50-47-44-41-38-33-24-21-18-15-12-9-6-3)58-76-64(69)52-49-46-43-40-37-34-31-26-23-20-17-14-11-8-5-2/h7-8,10-11,16-17,19-21,24-27,29-31,35-36,60-62,66-67H,4-6,9,12-15,18,22-23,28,32-34,37-59H2,1-3H3,(H,71,72)(H,73,74)/b10-7-,11-8-,19-16-,20-17-,24-21-,27-25-,30-29-,31-26-,36-35-. The average molecular weight is 1210 g/mol. The highest BCUT2D eigenvalue weighted by Crippen LogP contribution is 2.45. The predicted octanol–water partition coefficient (Wildman–Crippen LogP) is 16.5. The molecule has 0 saturated heterocycles. The van der Waals surface area contributed by atoms with E-state index in [1.165, 1.54) is 25.7 Å². The van der Waals surface area contributed by atoms with Crippen molar-refractivity contribution in [2.75, 3.05) is 39.6 Å². The Morgan fingerprint density at radius 1 is 0.349 bits per heavy atom. The van der Waals surface area contributed by atoms with Crippen LogP contribution in [-0.2, 0) is 55.8 Å². The summed E-state index contributed by atoms with van der Waals surface area (Å²) in [6.07, 6.45) is 63.0. The van der Waals surface area contributed by atoms with E-state index in [1.54, 1.807) is 0 Å². The normalized spacial score (nSPS) is 15.1. The van der Waals surface area contributed by atoms with Crippen molar-refractivity contribution in [3.63, 3.8) is 0 Å². The molecule has 0 radical (unpaired) electrons. The molecule has 5 atom stereocenters. The highest BCUT2D eigenvalue weighted by molar-refractivity contribution is 7.47. The molecule has 0 aromatic rings. The number of ether oxygens (including phenoxy) is 3. The zero-order chi connectivity index (χ0) is 61.0. The second-order valence-corrected chi connectivity index (χ2v) is 23.3. The van der Waals surface area contributed by atoms with E-state index in [0.717, 1.165) is 141 Å². The third-order valence-corrected chi connectivity index (χ3v) is 14.4. The Hall–Kier alpha value is -3.79. The summed E-state index contributed by atoms with van der Waals surface area (Å²) in [5.41, 5.74) is 0. The lowest BCUT2D eigenvalue weighted by Gasteiger charge is -2.21. The molecule has 4 N–H and O–H groups in total. The van der Waals surface area contributed by atoms with E-state index in [-0.39, 0.29) is 19.3 Å². The fourth-order valence-corrected chi connectivity index (χ4v) is 9.31. The van der Waals surface area contributed by atoms with Gasteiger partial charge in [0.15, 0.2) is 6.10 Å². The number of hydrogen-bond donors (Lipinski definition) is 4. The number of rotatable bonds is 58. The van der Waals surface area contributed by atoms with Gasteiger partial charge in [-0.15, -0.1) is 0 Å². The van der Waals surface area contributed by atoms with Gasteiger partial charge in [-0.05, 0) is 122 Å². The lowest BCUT2D eigenvalue weighted by atomic mass is 10.1. The van der Waals surface area contributed by atoms with Gasteiger partial charge in [-0.3, -0.25) is 32.5 Å². The minimum Gasteiger partial charge on any atom is -0.463 e. The van der Waals surface area contributed by atoms with Crippen molar-refractivity contribution in [1.82, 2.24) is 0 Å². The largest absolute Gasteiger partial charge is 0.472 e. The van der Waals surface area contributed by atoms with Crippen molar-refractivity contribution in [3.05, 3.63) is 109 Å². The van der Waals surface area contributed by atoms with Crippen molar-refractivity contribution < 1.29 is 75.8 Å². The zero-order valence-electron chi connectivity index (χ0n) is 51.1.